The van der Waals surface area contributed by atoms with Crippen molar-refractivity contribution in [2.24, 2.45) is 0 Å². The monoisotopic (exact) mass is 502 g/mol. The van der Waals surface area contributed by atoms with Crippen LogP contribution in [0.5, 0.6) is 11.5 Å². The lowest BCUT2D eigenvalue weighted by atomic mass is 9.79. The van der Waals surface area contributed by atoms with Gasteiger partial charge in [0.05, 0.1) is 13.7 Å². The van der Waals surface area contributed by atoms with Crippen molar-refractivity contribution in [3.05, 3.63) is 88.5 Å². The van der Waals surface area contributed by atoms with Crippen molar-refractivity contribution in [2.75, 3.05) is 52.4 Å². The Bertz CT molecular complexity index is 1150. The molecular formula is C32H42N2O3. The van der Waals surface area contributed by atoms with E-state index in [1.54, 1.807) is 14.2 Å². The third-order valence-corrected chi connectivity index (χ3v) is 7.67. The number of aromatic hydroxyl groups is 1. The Balaban J connectivity index is 1.49. The van der Waals surface area contributed by atoms with E-state index in [1.165, 1.54) is 33.5 Å². The molecule has 0 amide bonds. The zero-order valence-corrected chi connectivity index (χ0v) is 22.9. The molecule has 0 aromatic heterocycles. The number of hydrogen-bond acceptors (Lipinski definition) is 5. The first-order valence-corrected chi connectivity index (χ1v) is 13.5. The van der Waals surface area contributed by atoms with Crippen molar-refractivity contribution < 1.29 is 14.6 Å². The first-order chi connectivity index (χ1) is 18.0. The lowest BCUT2D eigenvalue weighted by Crippen LogP contribution is -2.25. The molecule has 0 saturated carbocycles. The highest BCUT2D eigenvalue weighted by Gasteiger charge is 2.24. The minimum atomic E-state index is 0.364. The Hall–Kier alpha value is -3.02. The molecule has 0 aliphatic heterocycles. The molecule has 0 spiro atoms. The predicted molar refractivity (Wildman–Crippen MR) is 152 cm³/mol. The first-order valence-electron chi connectivity index (χ1n) is 13.5. The van der Waals surface area contributed by atoms with Crippen LogP contribution in [0.2, 0.25) is 0 Å². The van der Waals surface area contributed by atoms with Crippen molar-refractivity contribution in [3.63, 3.8) is 0 Å². The van der Waals surface area contributed by atoms with Crippen LogP contribution >= 0.6 is 0 Å². The molecule has 37 heavy (non-hydrogen) atoms. The minimum Gasteiger partial charge on any atom is -0.508 e. The van der Waals surface area contributed by atoms with Crippen LogP contribution in [0.1, 0.15) is 47.1 Å². The zero-order chi connectivity index (χ0) is 26.2. The SMILES string of the molecule is CCN(Cc1ccc(CCN(C)CCOC)cc1)c1cc(OC)ccc1C1CCc2cc(O)ccc2C1. The number of phenols is 1. The van der Waals surface area contributed by atoms with Gasteiger partial charge >= 0.3 is 0 Å². The van der Waals surface area contributed by atoms with E-state index in [4.69, 9.17) is 9.47 Å². The van der Waals surface area contributed by atoms with Gasteiger partial charge in [0.2, 0.25) is 0 Å². The van der Waals surface area contributed by atoms with E-state index >= 15 is 0 Å². The lowest BCUT2D eigenvalue weighted by Gasteiger charge is -2.32. The molecule has 1 aliphatic carbocycles. The van der Waals surface area contributed by atoms with Gasteiger partial charge < -0.3 is 24.4 Å². The van der Waals surface area contributed by atoms with Crippen LogP contribution in [-0.4, -0.2) is 57.5 Å². The highest BCUT2D eigenvalue weighted by molar-refractivity contribution is 5.60. The van der Waals surface area contributed by atoms with E-state index in [9.17, 15) is 5.11 Å². The summed E-state index contributed by atoms with van der Waals surface area (Å²) in [6, 6.07) is 21.5. The highest BCUT2D eigenvalue weighted by atomic mass is 16.5. The number of fused-ring (bicyclic) bond motifs is 1. The van der Waals surface area contributed by atoms with Crippen LogP contribution in [0.4, 0.5) is 5.69 Å². The standard InChI is InChI=1S/C32H42N2O3/c1-5-34(23-25-8-6-24(7-9-25)16-17-33(2)18-19-36-3)32-22-30(37-4)14-15-31(32)28-11-10-27-21-29(35)13-12-26(27)20-28/h6-9,12-15,21-22,28,35H,5,10-11,16-20,23H2,1-4H3. The van der Waals surface area contributed by atoms with E-state index in [2.05, 4.69) is 72.3 Å². The summed E-state index contributed by atoms with van der Waals surface area (Å²) in [5.41, 5.74) is 7.96. The molecule has 0 heterocycles. The summed E-state index contributed by atoms with van der Waals surface area (Å²) in [6.07, 6.45) is 4.12. The average molecular weight is 503 g/mol. The Morgan fingerprint density at radius 3 is 2.43 bits per heavy atom. The maximum atomic E-state index is 9.89. The molecule has 1 unspecified atom stereocenters. The molecular weight excluding hydrogens is 460 g/mol. The number of phenolic OH excluding ortho intramolecular Hbond substituents is 1. The van der Waals surface area contributed by atoms with Gasteiger partial charge in [0.1, 0.15) is 11.5 Å². The molecule has 5 heteroatoms. The Morgan fingerprint density at radius 1 is 0.919 bits per heavy atom. The fourth-order valence-corrected chi connectivity index (χ4v) is 5.35. The molecule has 0 saturated heterocycles. The van der Waals surface area contributed by atoms with Crippen molar-refractivity contribution in [3.8, 4) is 11.5 Å². The van der Waals surface area contributed by atoms with Crippen LogP contribution in [0.15, 0.2) is 60.7 Å². The number of nitrogens with zero attached hydrogens (tertiary/aromatic N) is 2. The van der Waals surface area contributed by atoms with Crippen molar-refractivity contribution in [2.45, 2.75) is 45.1 Å². The molecule has 0 fully saturated rings. The third-order valence-electron chi connectivity index (χ3n) is 7.67. The molecule has 0 bridgehead atoms. The first kappa shape index (κ1) is 27.0. The van der Waals surface area contributed by atoms with Crippen molar-refractivity contribution in [1.82, 2.24) is 4.90 Å². The second kappa shape index (κ2) is 13.0. The van der Waals surface area contributed by atoms with E-state index in [0.29, 0.717) is 11.7 Å². The fraction of sp³-hybridized carbons (Fsp3) is 0.438. The summed E-state index contributed by atoms with van der Waals surface area (Å²) < 4.78 is 10.8. The summed E-state index contributed by atoms with van der Waals surface area (Å²) in [5.74, 6) is 1.71. The summed E-state index contributed by atoms with van der Waals surface area (Å²) in [4.78, 5) is 4.78. The maximum absolute atomic E-state index is 9.89. The van der Waals surface area contributed by atoms with Gasteiger partial charge in [0, 0.05) is 45.0 Å². The number of likely N-dealkylation sites (N-methyl/N-ethyl adjacent to an activating group) is 1. The van der Waals surface area contributed by atoms with Crippen LogP contribution in [0.3, 0.4) is 0 Å². The van der Waals surface area contributed by atoms with Crippen molar-refractivity contribution in [1.29, 1.82) is 0 Å². The van der Waals surface area contributed by atoms with E-state index in [-0.39, 0.29) is 0 Å². The largest absolute Gasteiger partial charge is 0.508 e. The van der Waals surface area contributed by atoms with Gasteiger partial charge in [-0.05, 0) is 91.6 Å². The number of rotatable bonds is 12. The smallest absolute Gasteiger partial charge is 0.120 e. The van der Waals surface area contributed by atoms with Gasteiger partial charge in [-0.25, -0.2) is 0 Å². The van der Waals surface area contributed by atoms with Crippen LogP contribution in [-0.2, 0) is 30.5 Å². The lowest BCUT2D eigenvalue weighted by molar-refractivity contribution is 0.162. The Kier molecular flexibility index (Phi) is 9.48. The molecule has 198 valence electrons. The molecule has 3 aromatic rings. The number of benzene rings is 3. The molecule has 3 aromatic carbocycles. The van der Waals surface area contributed by atoms with Crippen molar-refractivity contribution >= 4 is 5.69 Å². The van der Waals surface area contributed by atoms with Gasteiger partial charge in [0.15, 0.2) is 0 Å². The highest BCUT2D eigenvalue weighted by Crippen LogP contribution is 2.40. The maximum Gasteiger partial charge on any atom is 0.120 e. The molecule has 5 nitrogen and oxygen atoms in total. The van der Waals surface area contributed by atoms with E-state index in [0.717, 1.165) is 64.2 Å². The van der Waals surface area contributed by atoms with Gasteiger partial charge in [-0.3, -0.25) is 0 Å². The second-order valence-electron chi connectivity index (χ2n) is 10.2. The molecule has 1 atom stereocenters. The molecule has 1 N–H and O–H groups in total. The summed E-state index contributed by atoms with van der Waals surface area (Å²) >= 11 is 0. The third kappa shape index (κ3) is 7.06. The van der Waals surface area contributed by atoms with Gasteiger partial charge in [0.25, 0.3) is 0 Å². The Labute approximate surface area is 222 Å². The summed E-state index contributed by atoms with van der Waals surface area (Å²) in [6.45, 7) is 6.77. The predicted octanol–water partition coefficient (Wildman–Crippen LogP) is 5.82. The number of ether oxygens (including phenoxy) is 2. The van der Waals surface area contributed by atoms with Gasteiger partial charge in [-0.15, -0.1) is 0 Å². The topological polar surface area (TPSA) is 45.2 Å². The summed E-state index contributed by atoms with van der Waals surface area (Å²) in [5, 5.41) is 9.89. The van der Waals surface area contributed by atoms with Gasteiger partial charge in [-0.2, -0.15) is 0 Å². The normalized spacial score (nSPS) is 15.0. The van der Waals surface area contributed by atoms with E-state index in [1.807, 2.05) is 12.1 Å². The van der Waals surface area contributed by atoms with Crippen LogP contribution in [0, 0.1) is 0 Å². The average Bonchev–Trinajstić information content (AvgIpc) is 2.93. The quantitative estimate of drug-likeness (QED) is 0.338. The van der Waals surface area contributed by atoms with Gasteiger partial charge in [-0.1, -0.05) is 36.4 Å². The minimum absolute atomic E-state index is 0.364. The number of methoxy groups -OCH3 is 2. The number of hydrogen-bond donors (Lipinski definition) is 1. The second-order valence-corrected chi connectivity index (χ2v) is 10.2. The van der Waals surface area contributed by atoms with Crippen LogP contribution in [0.25, 0.3) is 0 Å². The fourth-order valence-electron chi connectivity index (χ4n) is 5.35. The number of anilines is 1. The summed E-state index contributed by atoms with van der Waals surface area (Å²) in [7, 11) is 5.64. The Morgan fingerprint density at radius 2 is 1.70 bits per heavy atom. The van der Waals surface area contributed by atoms with Crippen LogP contribution < -0.4 is 9.64 Å². The molecule has 0 radical (unpaired) electrons. The number of aryl methyl sites for hydroxylation is 1. The molecule has 1 aliphatic rings. The van der Waals surface area contributed by atoms with E-state index < -0.39 is 0 Å². The zero-order valence-electron chi connectivity index (χ0n) is 22.9. The molecule has 4 rings (SSSR count).